The highest BCUT2D eigenvalue weighted by atomic mass is 32.1. The number of aryl methyl sites for hydroxylation is 1. The lowest BCUT2D eigenvalue weighted by Crippen LogP contribution is -2.45. The van der Waals surface area contributed by atoms with Crippen molar-refractivity contribution in [2.45, 2.75) is 38.3 Å². The van der Waals surface area contributed by atoms with Crippen molar-refractivity contribution < 1.29 is 9.21 Å². The number of amides is 1. The van der Waals surface area contributed by atoms with Crippen LogP contribution in [0.25, 0.3) is 0 Å². The van der Waals surface area contributed by atoms with Crippen LogP contribution < -0.4 is 11.1 Å². The summed E-state index contributed by atoms with van der Waals surface area (Å²) in [6.45, 7) is 3.59. The van der Waals surface area contributed by atoms with Gasteiger partial charge in [-0.2, -0.15) is 5.10 Å². The summed E-state index contributed by atoms with van der Waals surface area (Å²) in [5, 5.41) is 6.55. The fourth-order valence-electron chi connectivity index (χ4n) is 4.44. The van der Waals surface area contributed by atoms with Crippen molar-refractivity contribution in [1.29, 1.82) is 0 Å². The van der Waals surface area contributed by atoms with E-state index in [-0.39, 0.29) is 12.5 Å². The number of nitrogens with zero attached hydrogens (tertiary/aromatic N) is 4. The molecule has 3 aromatic rings. The maximum Gasteiger partial charge on any atom is 0.332 e. The SMILES string of the molecule is Cc1occc1C(=O)N1CC[C@]2(CCn3c2nn(Cc2cccs2)c(=O)c3=O)C1. The Morgan fingerprint density at radius 1 is 1.24 bits per heavy atom. The third kappa shape index (κ3) is 2.79. The first kappa shape index (κ1) is 18.1. The molecule has 0 N–H and O–H groups in total. The minimum absolute atomic E-state index is 0.0687. The van der Waals surface area contributed by atoms with Gasteiger partial charge in [0.1, 0.15) is 11.6 Å². The third-order valence-corrected chi connectivity index (χ3v) is 6.90. The summed E-state index contributed by atoms with van der Waals surface area (Å²) < 4.78 is 8.05. The maximum atomic E-state index is 12.9. The zero-order chi connectivity index (χ0) is 20.2. The van der Waals surface area contributed by atoms with Crippen LogP contribution in [0.3, 0.4) is 0 Å². The van der Waals surface area contributed by atoms with Gasteiger partial charge in [0.05, 0.1) is 23.8 Å². The summed E-state index contributed by atoms with van der Waals surface area (Å²) in [7, 11) is 0. The monoisotopic (exact) mass is 412 g/mol. The van der Waals surface area contributed by atoms with Crippen LogP contribution in [0.2, 0.25) is 0 Å². The molecule has 2 aliphatic rings. The number of thiophene rings is 1. The number of hydrogen-bond donors (Lipinski definition) is 0. The van der Waals surface area contributed by atoms with Crippen LogP contribution in [0.15, 0.2) is 43.8 Å². The highest BCUT2D eigenvalue weighted by Gasteiger charge is 2.48. The van der Waals surface area contributed by atoms with Gasteiger partial charge >= 0.3 is 11.1 Å². The Morgan fingerprint density at radius 2 is 2.07 bits per heavy atom. The molecule has 29 heavy (non-hydrogen) atoms. The summed E-state index contributed by atoms with van der Waals surface area (Å²) in [5.41, 5.74) is -0.955. The predicted octanol–water partition coefficient (Wildman–Crippen LogP) is 1.60. The second-order valence-electron chi connectivity index (χ2n) is 7.72. The molecule has 1 atom stereocenters. The lowest BCUT2D eigenvalue weighted by atomic mass is 9.85. The topological polar surface area (TPSA) is 90.3 Å². The lowest BCUT2D eigenvalue weighted by Gasteiger charge is -2.23. The van der Waals surface area contributed by atoms with Crippen molar-refractivity contribution in [2.75, 3.05) is 13.1 Å². The van der Waals surface area contributed by atoms with Gasteiger partial charge in [-0.15, -0.1) is 11.3 Å². The van der Waals surface area contributed by atoms with Gasteiger partial charge in [-0.25, -0.2) is 4.68 Å². The number of likely N-dealkylation sites (tertiary alicyclic amines) is 1. The molecule has 1 spiro atoms. The zero-order valence-corrected chi connectivity index (χ0v) is 16.8. The van der Waals surface area contributed by atoms with Crippen molar-refractivity contribution in [1.82, 2.24) is 19.2 Å². The quantitative estimate of drug-likeness (QED) is 0.610. The highest BCUT2D eigenvalue weighted by Crippen LogP contribution is 2.41. The molecule has 2 aliphatic heterocycles. The molecular formula is C20H20N4O4S. The standard InChI is InChI=1S/C20H20N4O4S/c1-13-15(4-9-28-13)16(25)22-7-5-20(12-22)6-8-23-17(26)18(27)24(21-19(20)23)11-14-3-2-10-29-14/h2-4,9-10H,5-8,11-12H2,1H3/t20-/m0/s1. The summed E-state index contributed by atoms with van der Waals surface area (Å²) >= 11 is 1.52. The molecule has 150 valence electrons. The van der Waals surface area contributed by atoms with Crippen molar-refractivity contribution in [3.05, 3.63) is 72.6 Å². The van der Waals surface area contributed by atoms with Gasteiger partial charge in [-0.1, -0.05) is 6.07 Å². The minimum Gasteiger partial charge on any atom is -0.469 e. The summed E-state index contributed by atoms with van der Waals surface area (Å²) in [6, 6.07) is 5.51. The van der Waals surface area contributed by atoms with Crippen molar-refractivity contribution in [2.24, 2.45) is 0 Å². The van der Waals surface area contributed by atoms with Crippen LogP contribution >= 0.6 is 11.3 Å². The summed E-state index contributed by atoms with van der Waals surface area (Å²) in [4.78, 5) is 40.9. The van der Waals surface area contributed by atoms with Gasteiger partial charge in [0.2, 0.25) is 0 Å². The van der Waals surface area contributed by atoms with Gasteiger partial charge in [0.15, 0.2) is 0 Å². The van der Waals surface area contributed by atoms with Gasteiger partial charge in [-0.05, 0) is 37.3 Å². The van der Waals surface area contributed by atoms with Crippen molar-refractivity contribution >= 4 is 17.2 Å². The fourth-order valence-corrected chi connectivity index (χ4v) is 5.13. The van der Waals surface area contributed by atoms with Crippen LogP contribution in [-0.4, -0.2) is 38.2 Å². The molecule has 8 nitrogen and oxygen atoms in total. The van der Waals surface area contributed by atoms with Gasteiger partial charge < -0.3 is 9.32 Å². The lowest BCUT2D eigenvalue weighted by molar-refractivity contribution is 0.0781. The van der Waals surface area contributed by atoms with E-state index >= 15 is 0 Å². The van der Waals surface area contributed by atoms with E-state index in [0.717, 1.165) is 11.3 Å². The Morgan fingerprint density at radius 3 is 2.79 bits per heavy atom. The van der Waals surface area contributed by atoms with E-state index in [4.69, 9.17) is 4.42 Å². The highest BCUT2D eigenvalue weighted by molar-refractivity contribution is 7.09. The number of rotatable bonds is 3. The average Bonchev–Trinajstić information content (AvgIpc) is 3.49. The second kappa shape index (κ2) is 6.55. The van der Waals surface area contributed by atoms with E-state index in [1.54, 1.807) is 17.9 Å². The van der Waals surface area contributed by atoms with Crippen molar-refractivity contribution in [3.8, 4) is 0 Å². The minimum atomic E-state index is -0.598. The number of hydrogen-bond acceptors (Lipinski definition) is 6. The Labute approximate surface area is 170 Å². The molecule has 0 unspecified atom stereocenters. The fraction of sp³-hybridized carbons (Fsp3) is 0.400. The molecule has 5 rings (SSSR count). The maximum absolute atomic E-state index is 12.9. The van der Waals surface area contributed by atoms with E-state index in [0.29, 0.717) is 43.2 Å². The van der Waals surface area contributed by atoms with Gasteiger partial charge in [-0.3, -0.25) is 19.0 Å². The van der Waals surface area contributed by atoms with E-state index in [9.17, 15) is 14.4 Å². The van der Waals surface area contributed by atoms with Crippen LogP contribution in [0.4, 0.5) is 0 Å². The molecule has 0 saturated carbocycles. The number of carbonyl (C=O) groups excluding carboxylic acids is 1. The van der Waals surface area contributed by atoms with E-state index in [1.807, 2.05) is 17.5 Å². The largest absolute Gasteiger partial charge is 0.469 e. The van der Waals surface area contributed by atoms with Crippen LogP contribution in [0, 0.1) is 6.92 Å². The predicted molar refractivity (Wildman–Crippen MR) is 106 cm³/mol. The molecular weight excluding hydrogens is 392 g/mol. The Hall–Kier alpha value is -2.94. The molecule has 5 heterocycles. The molecule has 0 bridgehead atoms. The molecule has 0 aliphatic carbocycles. The number of aromatic nitrogens is 3. The molecule has 1 fully saturated rings. The third-order valence-electron chi connectivity index (χ3n) is 6.04. The molecule has 1 amide bonds. The second-order valence-corrected chi connectivity index (χ2v) is 8.75. The average molecular weight is 412 g/mol. The van der Waals surface area contributed by atoms with E-state index in [2.05, 4.69) is 5.10 Å². The molecule has 0 aromatic carbocycles. The van der Waals surface area contributed by atoms with E-state index < -0.39 is 16.5 Å². The normalized spacial score (nSPS) is 20.5. The number of fused-ring (bicyclic) bond motifs is 2. The van der Waals surface area contributed by atoms with Gasteiger partial charge in [0, 0.05) is 24.5 Å². The molecule has 3 aromatic heterocycles. The van der Waals surface area contributed by atoms with Crippen molar-refractivity contribution in [3.63, 3.8) is 0 Å². The van der Waals surface area contributed by atoms with Crippen LogP contribution in [-0.2, 0) is 18.5 Å². The smallest absolute Gasteiger partial charge is 0.332 e. The van der Waals surface area contributed by atoms with Crippen LogP contribution in [0.1, 0.15) is 39.7 Å². The van der Waals surface area contributed by atoms with Gasteiger partial charge in [0.25, 0.3) is 5.91 Å². The van der Waals surface area contributed by atoms with Crippen LogP contribution in [0.5, 0.6) is 0 Å². The number of carbonyl (C=O) groups is 1. The van der Waals surface area contributed by atoms with E-state index in [1.165, 1.54) is 26.8 Å². The Bertz CT molecular complexity index is 1210. The zero-order valence-electron chi connectivity index (χ0n) is 16.0. The first-order chi connectivity index (χ1) is 14.0. The molecule has 1 saturated heterocycles. The molecule has 0 radical (unpaired) electrons. The molecule has 9 heteroatoms. The Kier molecular flexibility index (Phi) is 4.09. The first-order valence-corrected chi connectivity index (χ1v) is 10.4. The summed E-state index contributed by atoms with van der Waals surface area (Å²) in [6.07, 6.45) is 2.94. The number of furan rings is 1. The first-order valence-electron chi connectivity index (χ1n) is 9.57. The summed E-state index contributed by atoms with van der Waals surface area (Å²) in [5.74, 6) is 1.15. The Balaban J connectivity index is 1.50.